The van der Waals surface area contributed by atoms with Gasteiger partial charge in [0.2, 0.25) is 0 Å². The monoisotopic (exact) mass is 230 g/mol. The molecule has 3 nitrogen and oxygen atoms in total. The van der Waals surface area contributed by atoms with Gasteiger partial charge < -0.3 is 5.32 Å². The van der Waals surface area contributed by atoms with Crippen molar-refractivity contribution in [2.24, 2.45) is 5.41 Å². The van der Waals surface area contributed by atoms with Crippen LogP contribution in [0.3, 0.4) is 0 Å². The lowest BCUT2D eigenvalue weighted by molar-refractivity contribution is -0.117. The molecular formula is C14H18N2O. The maximum atomic E-state index is 11.6. The minimum atomic E-state index is 0.0397. The van der Waals surface area contributed by atoms with Crippen LogP contribution in [0.1, 0.15) is 32.4 Å². The SMILES string of the molecule is Cc1cccc(NC2=CC(=O)CC(C)(C)C2)n1. The third-order valence-electron chi connectivity index (χ3n) is 2.83. The summed E-state index contributed by atoms with van der Waals surface area (Å²) in [5.41, 5.74) is 1.97. The molecule has 1 aliphatic rings. The Morgan fingerprint density at radius 3 is 2.71 bits per heavy atom. The van der Waals surface area contributed by atoms with Gasteiger partial charge in [-0.05, 0) is 30.9 Å². The first-order chi connectivity index (χ1) is 7.94. The molecule has 0 fully saturated rings. The first-order valence-corrected chi connectivity index (χ1v) is 5.89. The zero-order valence-electron chi connectivity index (χ0n) is 10.6. The highest BCUT2D eigenvalue weighted by atomic mass is 16.1. The fraction of sp³-hybridized carbons (Fsp3) is 0.429. The Kier molecular flexibility index (Phi) is 3.01. The number of rotatable bonds is 2. The van der Waals surface area contributed by atoms with Crippen LogP contribution in [0.4, 0.5) is 5.82 Å². The average molecular weight is 230 g/mol. The summed E-state index contributed by atoms with van der Waals surface area (Å²) in [7, 11) is 0. The van der Waals surface area contributed by atoms with Crippen LogP contribution in [0.2, 0.25) is 0 Å². The second-order valence-corrected chi connectivity index (χ2v) is 5.44. The Morgan fingerprint density at radius 2 is 2.06 bits per heavy atom. The third-order valence-corrected chi connectivity index (χ3v) is 2.83. The zero-order valence-corrected chi connectivity index (χ0v) is 10.6. The van der Waals surface area contributed by atoms with Crippen molar-refractivity contribution in [3.63, 3.8) is 0 Å². The van der Waals surface area contributed by atoms with Gasteiger partial charge in [0.1, 0.15) is 5.82 Å². The Hall–Kier alpha value is -1.64. The van der Waals surface area contributed by atoms with Gasteiger partial charge in [0, 0.05) is 23.9 Å². The van der Waals surface area contributed by atoms with Gasteiger partial charge in [-0.3, -0.25) is 4.79 Å². The summed E-state index contributed by atoms with van der Waals surface area (Å²) in [4.78, 5) is 16.0. The number of hydrogen-bond donors (Lipinski definition) is 1. The molecule has 0 aromatic carbocycles. The number of aryl methyl sites for hydroxylation is 1. The molecule has 0 atom stereocenters. The van der Waals surface area contributed by atoms with E-state index in [2.05, 4.69) is 24.1 Å². The van der Waals surface area contributed by atoms with Crippen molar-refractivity contribution in [2.45, 2.75) is 33.6 Å². The van der Waals surface area contributed by atoms with Gasteiger partial charge in [0.25, 0.3) is 0 Å². The molecule has 2 rings (SSSR count). The molecule has 0 saturated heterocycles. The van der Waals surface area contributed by atoms with Crippen LogP contribution in [0, 0.1) is 12.3 Å². The number of nitrogens with zero attached hydrogens (tertiary/aromatic N) is 1. The summed E-state index contributed by atoms with van der Waals surface area (Å²) in [6.07, 6.45) is 3.21. The summed E-state index contributed by atoms with van der Waals surface area (Å²) < 4.78 is 0. The van der Waals surface area contributed by atoms with Gasteiger partial charge in [0.15, 0.2) is 5.78 Å². The van der Waals surface area contributed by atoms with E-state index < -0.39 is 0 Å². The molecule has 0 radical (unpaired) electrons. The number of ketones is 1. The fourth-order valence-corrected chi connectivity index (χ4v) is 2.20. The third kappa shape index (κ3) is 3.16. The fourth-order valence-electron chi connectivity index (χ4n) is 2.20. The van der Waals surface area contributed by atoms with Crippen LogP contribution in [0.15, 0.2) is 30.0 Å². The number of allylic oxidation sites excluding steroid dienone is 2. The number of carbonyl (C=O) groups is 1. The standard InChI is InChI=1S/C14H18N2O/c1-10-5-4-6-13(15-10)16-11-7-12(17)9-14(2,3)8-11/h4-7H,8-9H2,1-3H3,(H,15,16). The highest BCUT2D eigenvalue weighted by molar-refractivity contribution is 5.92. The van der Waals surface area contributed by atoms with Crippen molar-refractivity contribution < 1.29 is 4.79 Å². The summed E-state index contributed by atoms with van der Waals surface area (Å²) in [5.74, 6) is 0.998. The molecule has 0 bridgehead atoms. The number of pyridine rings is 1. The number of anilines is 1. The summed E-state index contributed by atoms with van der Waals surface area (Å²) in [6.45, 7) is 6.18. The van der Waals surface area contributed by atoms with Crippen LogP contribution in [0.5, 0.6) is 0 Å². The van der Waals surface area contributed by atoms with Gasteiger partial charge >= 0.3 is 0 Å². The second kappa shape index (κ2) is 4.32. The highest BCUT2D eigenvalue weighted by Gasteiger charge is 2.27. The second-order valence-electron chi connectivity index (χ2n) is 5.44. The van der Waals surface area contributed by atoms with E-state index in [9.17, 15) is 4.79 Å². The van der Waals surface area contributed by atoms with Gasteiger partial charge in [0.05, 0.1) is 0 Å². The predicted molar refractivity (Wildman–Crippen MR) is 68.7 cm³/mol. The van der Waals surface area contributed by atoms with Crippen molar-refractivity contribution in [2.75, 3.05) is 5.32 Å². The Bertz CT molecular complexity index is 475. The maximum absolute atomic E-state index is 11.6. The van der Waals surface area contributed by atoms with Crippen molar-refractivity contribution >= 4 is 11.6 Å². The van der Waals surface area contributed by atoms with Gasteiger partial charge in [-0.25, -0.2) is 4.98 Å². The van der Waals surface area contributed by atoms with Crippen LogP contribution < -0.4 is 5.32 Å². The smallest absolute Gasteiger partial charge is 0.157 e. The lowest BCUT2D eigenvalue weighted by Gasteiger charge is -2.29. The van der Waals surface area contributed by atoms with E-state index in [0.29, 0.717) is 6.42 Å². The molecule has 1 N–H and O–H groups in total. The first kappa shape index (κ1) is 11.8. The molecule has 90 valence electrons. The van der Waals surface area contributed by atoms with E-state index in [0.717, 1.165) is 23.6 Å². The van der Waals surface area contributed by atoms with Crippen molar-refractivity contribution in [3.05, 3.63) is 35.7 Å². The number of nitrogens with one attached hydrogen (secondary N) is 1. The Morgan fingerprint density at radius 1 is 1.29 bits per heavy atom. The molecule has 3 heteroatoms. The summed E-state index contributed by atoms with van der Waals surface area (Å²) in [5, 5.41) is 3.24. The van der Waals surface area contributed by atoms with Crippen LogP contribution in [0.25, 0.3) is 0 Å². The molecule has 0 amide bonds. The van der Waals surface area contributed by atoms with Gasteiger partial charge in [-0.2, -0.15) is 0 Å². The van der Waals surface area contributed by atoms with E-state index in [1.165, 1.54) is 0 Å². The lowest BCUT2D eigenvalue weighted by Crippen LogP contribution is -2.24. The Balaban J connectivity index is 2.16. The van der Waals surface area contributed by atoms with Crippen molar-refractivity contribution in [1.29, 1.82) is 0 Å². The summed E-state index contributed by atoms with van der Waals surface area (Å²) >= 11 is 0. The molecule has 0 saturated carbocycles. The zero-order chi connectivity index (χ0) is 12.5. The average Bonchev–Trinajstić information content (AvgIpc) is 2.13. The highest BCUT2D eigenvalue weighted by Crippen LogP contribution is 2.33. The molecular weight excluding hydrogens is 212 g/mol. The molecule has 1 heterocycles. The van der Waals surface area contributed by atoms with Crippen LogP contribution in [-0.4, -0.2) is 10.8 Å². The van der Waals surface area contributed by atoms with Crippen molar-refractivity contribution in [1.82, 2.24) is 4.98 Å². The van der Waals surface area contributed by atoms with E-state index in [4.69, 9.17) is 0 Å². The van der Waals surface area contributed by atoms with Crippen molar-refractivity contribution in [3.8, 4) is 0 Å². The maximum Gasteiger partial charge on any atom is 0.157 e. The molecule has 1 aromatic heterocycles. The number of aromatic nitrogens is 1. The summed E-state index contributed by atoms with van der Waals surface area (Å²) in [6, 6.07) is 5.83. The minimum absolute atomic E-state index is 0.0397. The van der Waals surface area contributed by atoms with E-state index >= 15 is 0 Å². The van der Waals surface area contributed by atoms with E-state index in [1.54, 1.807) is 6.08 Å². The largest absolute Gasteiger partial charge is 0.344 e. The van der Waals surface area contributed by atoms with Crippen LogP contribution >= 0.6 is 0 Å². The topological polar surface area (TPSA) is 42.0 Å². The molecule has 17 heavy (non-hydrogen) atoms. The van der Waals surface area contributed by atoms with Gasteiger partial charge in [-0.1, -0.05) is 19.9 Å². The number of hydrogen-bond acceptors (Lipinski definition) is 3. The predicted octanol–water partition coefficient (Wildman–Crippen LogP) is 3.07. The molecule has 1 aliphatic carbocycles. The van der Waals surface area contributed by atoms with E-state index in [1.807, 2.05) is 25.1 Å². The lowest BCUT2D eigenvalue weighted by atomic mass is 9.79. The normalized spacial score (nSPS) is 18.8. The first-order valence-electron chi connectivity index (χ1n) is 5.89. The van der Waals surface area contributed by atoms with Crippen LogP contribution in [-0.2, 0) is 4.79 Å². The van der Waals surface area contributed by atoms with E-state index in [-0.39, 0.29) is 11.2 Å². The molecule has 1 aromatic rings. The molecule has 0 aliphatic heterocycles. The number of carbonyl (C=O) groups excluding carboxylic acids is 1. The minimum Gasteiger partial charge on any atom is -0.344 e. The van der Waals surface area contributed by atoms with Gasteiger partial charge in [-0.15, -0.1) is 0 Å². The quantitative estimate of drug-likeness (QED) is 0.849. The molecule has 0 unspecified atom stereocenters. The Labute approximate surface area is 102 Å². The molecule has 0 spiro atoms.